The Kier molecular flexibility index (Phi) is 7.70. The minimum Gasteiger partial charge on any atom is -0.497 e. The summed E-state index contributed by atoms with van der Waals surface area (Å²) in [5.41, 5.74) is 1.65. The van der Waals surface area contributed by atoms with E-state index in [9.17, 15) is 8.42 Å². The van der Waals surface area contributed by atoms with Crippen LogP contribution in [0.5, 0.6) is 0 Å². The molecular weight excluding hydrogens is 452 g/mol. The molecule has 1 aromatic carbocycles. The number of benzene rings is 1. The zero-order chi connectivity index (χ0) is 24.1. The number of ether oxygens (including phenoxy) is 1. The van der Waals surface area contributed by atoms with Crippen molar-refractivity contribution in [1.82, 2.24) is 10.2 Å². The minimum atomic E-state index is -3.77. The monoisotopic (exact) mass is 486 g/mol. The normalized spacial score (nSPS) is 23.5. The van der Waals surface area contributed by atoms with Gasteiger partial charge in [0.25, 0.3) is 0 Å². The van der Waals surface area contributed by atoms with Gasteiger partial charge in [0.1, 0.15) is 12.4 Å². The number of primary sulfonamides is 1. The Morgan fingerprint density at radius 1 is 1.15 bits per heavy atom. The van der Waals surface area contributed by atoms with Gasteiger partial charge in [-0.05, 0) is 56.3 Å². The van der Waals surface area contributed by atoms with Crippen molar-refractivity contribution in [3.63, 3.8) is 0 Å². The van der Waals surface area contributed by atoms with Crippen LogP contribution in [-0.2, 0) is 14.8 Å². The Hall–Kier alpha value is -2.69. The van der Waals surface area contributed by atoms with Crippen molar-refractivity contribution in [1.29, 1.82) is 0 Å². The maximum Gasteiger partial charge on any atom is 0.238 e. The fraction of sp³-hybridized carbons (Fsp3) is 0.500. The summed E-state index contributed by atoms with van der Waals surface area (Å²) in [7, 11) is -3.77. The van der Waals surface area contributed by atoms with Gasteiger partial charge in [0, 0.05) is 36.2 Å². The number of nitrogens with one attached hydrogen (secondary N) is 2. The maximum atomic E-state index is 11.7. The smallest absolute Gasteiger partial charge is 0.238 e. The fourth-order valence-corrected chi connectivity index (χ4v) is 4.79. The number of sulfonamides is 1. The van der Waals surface area contributed by atoms with Gasteiger partial charge >= 0.3 is 0 Å². The Morgan fingerprint density at radius 2 is 1.94 bits per heavy atom. The Labute approximate surface area is 201 Å². The third kappa shape index (κ3) is 6.46. The van der Waals surface area contributed by atoms with E-state index in [1.807, 2.05) is 19.1 Å². The zero-order valence-corrected chi connectivity index (χ0v) is 20.6. The summed E-state index contributed by atoms with van der Waals surface area (Å²) in [5, 5.41) is 11.8. The molecule has 4 N–H and O–H groups in total. The van der Waals surface area contributed by atoms with E-state index in [1.165, 1.54) is 38.1 Å². The van der Waals surface area contributed by atoms with Gasteiger partial charge in [0.05, 0.1) is 17.2 Å². The van der Waals surface area contributed by atoms with Crippen molar-refractivity contribution < 1.29 is 13.2 Å². The Bertz CT molecular complexity index is 1120. The fourth-order valence-electron chi connectivity index (χ4n) is 4.23. The number of nitrogens with zero attached hydrogens (tertiary/aromatic N) is 3. The molecule has 9 nitrogen and oxygen atoms in total. The molecule has 2 unspecified atom stereocenters. The molecule has 4 rings (SSSR count). The van der Waals surface area contributed by atoms with Crippen LogP contribution in [0.4, 0.5) is 5.69 Å². The lowest BCUT2D eigenvalue weighted by atomic mass is 9.97. The van der Waals surface area contributed by atoms with Crippen LogP contribution >= 0.6 is 0 Å². The first kappa shape index (κ1) is 24.4. The lowest BCUT2D eigenvalue weighted by Gasteiger charge is -2.25. The lowest BCUT2D eigenvalue weighted by Crippen LogP contribution is -2.35. The quantitative estimate of drug-likeness (QED) is 0.545. The molecule has 2 heterocycles. The zero-order valence-electron chi connectivity index (χ0n) is 19.8. The molecule has 0 radical (unpaired) electrons. The summed E-state index contributed by atoms with van der Waals surface area (Å²) in [6.07, 6.45) is 7.49. The Balaban J connectivity index is 1.37. The first-order valence-corrected chi connectivity index (χ1v) is 13.4. The van der Waals surface area contributed by atoms with Gasteiger partial charge in [-0.3, -0.25) is 9.89 Å². The van der Waals surface area contributed by atoms with Gasteiger partial charge in [-0.1, -0.05) is 19.9 Å². The number of likely N-dealkylation sites (tertiary alicyclic amines) is 1. The average molecular weight is 487 g/mol. The predicted molar refractivity (Wildman–Crippen MR) is 135 cm³/mol. The summed E-state index contributed by atoms with van der Waals surface area (Å²) < 4.78 is 29.3. The summed E-state index contributed by atoms with van der Waals surface area (Å²) in [6.45, 7) is 8.83. The highest BCUT2D eigenvalue weighted by molar-refractivity contribution is 7.89. The van der Waals surface area contributed by atoms with Crippen LogP contribution in [-0.4, -0.2) is 57.9 Å². The number of nitrogens with two attached hydrogens (primary N) is 1. The van der Waals surface area contributed by atoms with Crippen molar-refractivity contribution in [2.45, 2.75) is 38.0 Å². The summed E-state index contributed by atoms with van der Waals surface area (Å²) in [6, 6.07) is 6.40. The number of aliphatic imine (C=N–C) groups is 2. The van der Waals surface area contributed by atoms with Crippen molar-refractivity contribution in [3.8, 4) is 0 Å². The molecule has 0 spiro atoms. The largest absolute Gasteiger partial charge is 0.497 e. The molecule has 0 bridgehead atoms. The molecule has 2 aliphatic heterocycles. The summed E-state index contributed by atoms with van der Waals surface area (Å²) >= 11 is 0. The topological polar surface area (TPSA) is 121 Å². The highest BCUT2D eigenvalue weighted by atomic mass is 32.2. The van der Waals surface area contributed by atoms with Crippen molar-refractivity contribution in [2.24, 2.45) is 27.0 Å². The molecule has 34 heavy (non-hydrogen) atoms. The second-order valence-electron chi connectivity index (χ2n) is 9.14. The van der Waals surface area contributed by atoms with Crippen LogP contribution in [0.25, 0.3) is 0 Å². The highest BCUT2D eigenvalue weighted by Gasteiger charge is 2.22. The number of anilines is 1. The van der Waals surface area contributed by atoms with Crippen LogP contribution in [0.1, 0.15) is 33.1 Å². The summed E-state index contributed by atoms with van der Waals surface area (Å²) in [4.78, 5) is 11.7. The van der Waals surface area contributed by atoms with Crippen molar-refractivity contribution >= 4 is 27.5 Å². The molecule has 1 fully saturated rings. The van der Waals surface area contributed by atoms with E-state index in [0.717, 1.165) is 36.9 Å². The van der Waals surface area contributed by atoms with E-state index in [2.05, 4.69) is 32.4 Å². The molecule has 10 heteroatoms. The predicted octanol–water partition coefficient (Wildman–Crippen LogP) is 2.66. The van der Waals surface area contributed by atoms with E-state index < -0.39 is 10.0 Å². The molecule has 1 saturated heterocycles. The molecule has 0 aromatic heterocycles. The number of allylic oxidation sites excluding steroid dienone is 4. The lowest BCUT2D eigenvalue weighted by molar-refractivity contribution is 0.159. The molecule has 0 amide bonds. The van der Waals surface area contributed by atoms with E-state index in [4.69, 9.17) is 9.88 Å². The van der Waals surface area contributed by atoms with Gasteiger partial charge in [-0.15, -0.1) is 0 Å². The molecule has 0 saturated carbocycles. The van der Waals surface area contributed by atoms with Crippen LogP contribution in [0.2, 0.25) is 0 Å². The van der Waals surface area contributed by atoms with E-state index in [0.29, 0.717) is 18.2 Å². The molecule has 3 aliphatic rings. The third-order valence-electron chi connectivity index (χ3n) is 6.28. The molecule has 184 valence electrons. The highest BCUT2D eigenvalue weighted by Crippen LogP contribution is 2.25. The molecule has 1 aromatic rings. The third-order valence-corrected chi connectivity index (χ3v) is 7.19. The van der Waals surface area contributed by atoms with Crippen LogP contribution in [0.3, 0.4) is 0 Å². The van der Waals surface area contributed by atoms with E-state index in [-0.39, 0.29) is 16.7 Å². The minimum absolute atomic E-state index is 0.0556. The SMILES string of the molecule is CC1CC(OCCN2CCCC2)=CC=C1NC1=NCC(C)C(Nc2cccc(S(N)(=O)=O)c2)=N1. The first-order valence-electron chi connectivity index (χ1n) is 11.8. The average Bonchev–Trinajstić information content (AvgIpc) is 3.31. The van der Waals surface area contributed by atoms with Crippen molar-refractivity contribution in [2.75, 3.05) is 38.1 Å². The number of hydrogen-bond donors (Lipinski definition) is 3. The number of rotatable bonds is 7. The number of amidine groups is 1. The van der Waals surface area contributed by atoms with Gasteiger partial charge in [0.2, 0.25) is 16.0 Å². The second-order valence-corrected chi connectivity index (χ2v) is 10.7. The maximum absolute atomic E-state index is 11.7. The molecule has 2 atom stereocenters. The van der Waals surface area contributed by atoms with Crippen LogP contribution in [0, 0.1) is 11.8 Å². The van der Waals surface area contributed by atoms with Crippen LogP contribution < -0.4 is 15.8 Å². The standard InChI is InChI=1S/C24H34N6O3S/c1-17-14-20(33-13-12-30-10-3-4-11-30)8-9-22(17)28-24-26-16-18(2)23(29-24)27-19-6-5-7-21(15-19)34(25,31)32/h5-9,15,17-18H,3-4,10-14,16H2,1-2H3,(H2,25,31,32)(H2,26,27,28,29). The van der Waals surface area contributed by atoms with E-state index in [1.54, 1.807) is 12.1 Å². The molecular formula is C24H34N6O3S. The summed E-state index contributed by atoms with van der Waals surface area (Å²) in [5.74, 6) is 2.59. The number of guanidine groups is 1. The van der Waals surface area contributed by atoms with Gasteiger partial charge in [-0.2, -0.15) is 4.99 Å². The van der Waals surface area contributed by atoms with Gasteiger partial charge in [0.15, 0.2) is 0 Å². The van der Waals surface area contributed by atoms with E-state index >= 15 is 0 Å². The van der Waals surface area contributed by atoms with Crippen molar-refractivity contribution in [3.05, 3.63) is 47.9 Å². The Morgan fingerprint density at radius 3 is 2.68 bits per heavy atom. The molecule has 1 aliphatic carbocycles. The number of hydrogen-bond acceptors (Lipinski definition) is 8. The van der Waals surface area contributed by atoms with Gasteiger partial charge in [-0.25, -0.2) is 13.6 Å². The van der Waals surface area contributed by atoms with Gasteiger partial charge < -0.3 is 15.4 Å². The second kappa shape index (κ2) is 10.7. The first-order chi connectivity index (χ1) is 16.3. The van der Waals surface area contributed by atoms with Crippen LogP contribution in [0.15, 0.2) is 62.8 Å².